The number of hydrogen-bond donors (Lipinski definition) is 1. The van der Waals surface area contributed by atoms with E-state index in [1.165, 1.54) is 5.56 Å². The predicted molar refractivity (Wildman–Crippen MR) is 177 cm³/mol. The highest BCUT2D eigenvalue weighted by Crippen LogP contribution is 2.51. The fourth-order valence-corrected chi connectivity index (χ4v) is 10.7. The highest BCUT2D eigenvalue weighted by atomic mass is 32.2. The van der Waals surface area contributed by atoms with Crippen LogP contribution in [-0.2, 0) is 27.4 Å². The van der Waals surface area contributed by atoms with Gasteiger partial charge in [-0.2, -0.15) is 0 Å². The molecule has 0 radical (unpaired) electrons. The molecule has 1 N–H and O–H groups in total. The highest BCUT2D eigenvalue weighted by molar-refractivity contribution is 7.92. The summed E-state index contributed by atoms with van der Waals surface area (Å²) in [4.78, 5) is 15.7. The van der Waals surface area contributed by atoms with Gasteiger partial charge in [0.25, 0.3) is 0 Å². The second kappa shape index (κ2) is 11.5. The number of nitrogens with one attached hydrogen (secondary N) is 1. The van der Waals surface area contributed by atoms with E-state index < -0.39 is 9.84 Å². The first-order chi connectivity index (χ1) is 22.3. The van der Waals surface area contributed by atoms with Crippen molar-refractivity contribution in [1.29, 1.82) is 0 Å². The second-order valence-electron chi connectivity index (χ2n) is 13.0. The molecule has 46 heavy (non-hydrogen) atoms. The molecular weight excluding hydrogens is 621 g/mol. The molecule has 5 aromatic rings. The summed E-state index contributed by atoms with van der Waals surface area (Å²) >= 11 is 1.55. The van der Waals surface area contributed by atoms with Gasteiger partial charge in [-0.3, -0.25) is 9.97 Å². The lowest BCUT2D eigenvalue weighted by Gasteiger charge is -2.24. The maximum absolute atomic E-state index is 14.1. The second-order valence-corrected chi connectivity index (χ2v) is 16.0. The van der Waals surface area contributed by atoms with Crippen molar-refractivity contribution in [3.63, 3.8) is 0 Å². The number of thiophene rings is 1. The Morgan fingerprint density at radius 2 is 1.91 bits per heavy atom. The Balaban J connectivity index is 1.34. The number of sulfone groups is 1. The SMILES string of the molecule is Cc1nnc(-c2c(CC3CCOCC3)nc3c(c2-c2cc4ccnc(N[C@H]5CCc6ncccc65)c4s2)S(=O)(=O)C[C@H]3C(C)C)o1. The summed E-state index contributed by atoms with van der Waals surface area (Å²) in [5.74, 6) is 1.80. The molecule has 0 unspecified atom stereocenters. The maximum atomic E-state index is 14.1. The number of ether oxygens (including phenoxy) is 1. The standard InChI is InChI=1S/C34H36N6O4S2/c1-18(2)23-17-46(41,42)32-29(28(34-40-39-19(3)44-34)26(37-30(23)32)15-20-9-13-43-14-10-20)27-16-21-8-12-36-33(31(21)45-27)38-25-7-6-24-22(25)5-4-11-35-24/h4-5,8,11-12,16,18,20,23,25H,6-7,9-10,13-15,17H2,1-3H3,(H,36,38)/t23-,25-/m0/s1. The molecule has 0 aromatic carbocycles. The van der Waals surface area contributed by atoms with E-state index in [2.05, 4.69) is 46.5 Å². The van der Waals surface area contributed by atoms with E-state index in [0.717, 1.165) is 57.9 Å². The number of hydrogen-bond acceptors (Lipinski definition) is 11. The van der Waals surface area contributed by atoms with Gasteiger partial charge in [-0.25, -0.2) is 13.4 Å². The van der Waals surface area contributed by atoms with Crippen LogP contribution in [0.5, 0.6) is 0 Å². The summed E-state index contributed by atoms with van der Waals surface area (Å²) in [6.07, 6.45) is 8.03. The summed E-state index contributed by atoms with van der Waals surface area (Å²) in [5.41, 5.74) is 5.05. The van der Waals surface area contributed by atoms with E-state index in [4.69, 9.17) is 19.1 Å². The fraction of sp³-hybridized carbons (Fsp3) is 0.441. The summed E-state index contributed by atoms with van der Waals surface area (Å²) < 4.78 is 41.0. The minimum Gasteiger partial charge on any atom is -0.421 e. The van der Waals surface area contributed by atoms with Gasteiger partial charge < -0.3 is 14.5 Å². The van der Waals surface area contributed by atoms with Gasteiger partial charge in [0.2, 0.25) is 11.8 Å². The molecule has 7 heterocycles. The van der Waals surface area contributed by atoms with Gasteiger partial charge in [-0.15, -0.1) is 21.5 Å². The van der Waals surface area contributed by atoms with E-state index in [9.17, 15) is 8.42 Å². The molecule has 0 amide bonds. The Kier molecular flexibility index (Phi) is 7.41. The molecule has 238 valence electrons. The molecular formula is C34H36N6O4S2. The first-order valence-corrected chi connectivity index (χ1v) is 18.5. The molecule has 3 aliphatic rings. The molecule has 2 aliphatic heterocycles. The van der Waals surface area contributed by atoms with Crippen LogP contribution >= 0.6 is 11.3 Å². The quantitative estimate of drug-likeness (QED) is 0.202. The molecule has 1 aliphatic carbocycles. The van der Waals surface area contributed by atoms with Crippen LogP contribution in [0, 0.1) is 18.8 Å². The molecule has 0 spiro atoms. The molecule has 10 nitrogen and oxygen atoms in total. The Morgan fingerprint density at radius 3 is 2.70 bits per heavy atom. The Morgan fingerprint density at radius 1 is 1.07 bits per heavy atom. The molecule has 2 atom stereocenters. The predicted octanol–water partition coefficient (Wildman–Crippen LogP) is 6.71. The summed E-state index contributed by atoms with van der Waals surface area (Å²) in [6, 6.07) is 8.27. The van der Waals surface area contributed by atoms with Gasteiger partial charge in [-0.1, -0.05) is 19.9 Å². The third-order valence-corrected chi connectivity index (χ3v) is 12.7. The molecule has 0 bridgehead atoms. The number of aryl methyl sites for hydroxylation is 2. The van der Waals surface area contributed by atoms with E-state index >= 15 is 0 Å². The van der Waals surface area contributed by atoms with Crippen molar-refractivity contribution >= 4 is 37.1 Å². The minimum absolute atomic E-state index is 0.0391. The Labute approximate surface area is 272 Å². The number of fused-ring (bicyclic) bond motifs is 3. The number of anilines is 1. The van der Waals surface area contributed by atoms with Crippen molar-refractivity contribution in [1.82, 2.24) is 25.1 Å². The number of nitrogens with zero attached hydrogens (tertiary/aromatic N) is 5. The third kappa shape index (κ3) is 5.10. The molecule has 5 aromatic heterocycles. The number of pyridine rings is 3. The van der Waals surface area contributed by atoms with Crippen molar-refractivity contribution < 1.29 is 17.6 Å². The van der Waals surface area contributed by atoms with Crippen molar-refractivity contribution in [2.45, 2.75) is 69.7 Å². The van der Waals surface area contributed by atoms with E-state index in [0.29, 0.717) is 59.1 Å². The van der Waals surface area contributed by atoms with Gasteiger partial charge in [0.15, 0.2) is 9.84 Å². The van der Waals surface area contributed by atoms with E-state index in [-0.39, 0.29) is 23.6 Å². The van der Waals surface area contributed by atoms with Crippen molar-refractivity contribution in [2.75, 3.05) is 24.3 Å². The van der Waals surface area contributed by atoms with Crippen molar-refractivity contribution in [2.24, 2.45) is 11.8 Å². The lowest BCUT2D eigenvalue weighted by atomic mass is 9.88. The minimum atomic E-state index is -3.66. The monoisotopic (exact) mass is 656 g/mol. The summed E-state index contributed by atoms with van der Waals surface area (Å²) in [7, 11) is -3.66. The first-order valence-electron chi connectivity index (χ1n) is 16.0. The molecule has 8 rings (SSSR count). The van der Waals surface area contributed by atoms with Gasteiger partial charge in [-0.05, 0) is 73.1 Å². The van der Waals surface area contributed by atoms with Crippen LogP contribution in [0.1, 0.15) is 73.6 Å². The van der Waals surface area contributed by atoms with Crippen LogP contribution in [0.15, 0.2) is 46.0 Å². The zero-order valence-corrected chi connectivity index (χ0v) is 27.7. The van der Waals surface area contributed by atoms with Crippen molar-refractivity contribution in [3.05, 3.63) is 65.2 Å². The number of aromatic nitrogens is 5. The molecule has 0 saturated carbocycles. The lowest BCUT2D eigenvalue weighted by molar-refractivity contribution is 0.0663. The van der Waals surface area contributed by atoms with Crippen LogP contribution in [-0.4, -0.2) is 52.5 Å². The van der Waals surface area contributed by atoms with Gasteiger partial charge in [0.1, 0.15) is 5.82 Å². The van der Waals surface area contributed by atoms with Crippen molar-refractivity contribution in [3.8, 4) is 21.9 Å². The Bertz CT molecular complexity index is 2070. The van der Waals surface area contributed by atoms with Gasteiger partial charge in [0.05, 0.1) is 38.3 Å². The van der Waals surface area contributed by atoms with E-state index in [1.54, 1.807) is 18.3 Å². The zero-order chi connectivity index (χ0) is 31.6. The van der Waals surface area contributed by atoms with Crippen LogP contribution in [0.2, 0.25) is 0 Å². The maximum Gasteiger partial charge on any atom is 0.250 e. The third-order valence-electron chi connectivity index (χ3n) is 9.64. The normalized spacial score (nSPS) is 20.8. The topological polar surface area (TPSA) is 133 Å². The van der Waals surface area contributed by atoms with Crippen LogP contribution in [0.25, 0.3) is 32.0 Å². The van der Waals surface area contributed by atoms with Crippen LogP contribution < -0.4 is 5.32 Å². The molecule has 1 fully saturated rings. The van der Waals surface area contributed by atoms with Gasteiger partial charge >= 0.3 is 0 Å². The average molecular weight is 657 g/mol. The van der Waals surface area contributed by atoms with E-state index in [1.807, 2.05) is 24.5 Å². The largest absolute Gasteiger partial charge is 0.421 e. The fourth-order valence-electron chi connectivity index (χ4n) is 7.26. The highest BCUT2D eigenvalue weighted by Gasteiger charge is 2.43. The Hall–Kier alpha value is -3.74. The molecule has 1 saturated heterocycles. The average Bonchev–Trinajstić information content (AvgIpc) is 3.82. The summed E-state index contributed by atoms with van der Waals surface area (Å²) in [6.45, 7) is 7.32. The molecule has 12 heteroatoms. The smallest absolute Gasteiger partial charge is 0.250 e. The lowest BCUT2D eigenvalue weighted by Crippen LogP contribution is -2.19. The first kappa shape index (κ1) is 29.6. The van der Waals surface area contributed by atoms with Gasteiger partial charge in [0, 0.05) is 54.6 Å². The summed E-state index contributed by atoms with van der Waals surface area (Å²) in [5, 5.41) is 13.3. The zero-order valence-electron chi connectivity index (χ0n) is 26.1. The van der Waals surface area contributed by atoms with Crippen LogP contribution in [0.3, 0.4) is 0 Å². The van der Waals surface area contributed by atoms with Crippen LogP contribution in [0.4, 0.5) is 5.82 Å². The number of rotatable bonds is 7.